The summed E-state index contributed by atoms with van der Waals surface area (Å²) in [5, 5.41) is 9.07. The van der Waals surface area contributed by atoms with E-state index in [1.165, 1.54) is 4.31 Å². The summed E-state index contributed by atoms with van der Waals surface area (Å²) in [6, 6.07) is 0. The van der Waals surface area contributed by atoms with Crippen LogP contribution >= 0.6 is 0 Å². The molecule has 0 bridgehead atoms. The molecule has 0 aromatic carbocycles. The van der Waals surface area contributed by atoms with Crippen molar-refractivity contribution in [3.63, 3.8) is 0 Å². The first-order valence-electron chi connectivity index (χ1n) is 4.41. The highest BCUT2D eigenvalue weighted by molar-refractivity contribution is 7.89. The molecule has 0 radical (unpaired) electrons. The third-order valence-corrected chi connectivity index (χ3v) is 4.68. The van der Waals surface area contributed by atoms with Crippen molar-refractivity contribution in [2.24, 2.45) is 5.92 Å². The normalized spacial score (nSPS) is 29.4. The Morgan fingerprint density at radius 1 is 1.54 bits per heavy atom. The van der Waals surface area contributed by atoms with E-state index in [0.717, 1.165) is 0 Å². The third-order valence-electron chi connectivity index (χ3n) is 2.37. The Labute approximate surface area is 79.6 Å². The first-order valence-corrected chi connectivity index (χ1v) is 6.02. The lowest BCUT2D eigenvalue weighted by molar-refractivity contribution is 0.123. The maximum Gasteiger partial charge on any atom is 0.214 e. The van der Waals surface area contributed by atoms with Gasteiger partial charge in [0.25, 0.3) is 0 Å². The van der Waals surface area contributed by atoms with Crippen LogP contribution in [0.3, 0.4) is 0 Å². The van der Waals surface area contributed by atoms with Crippen LogP contribution in [0.5, 0.6) is 0 Å². The zero-order valence-electron chi connectivity index (χ0n) is 8.32. The van der Waals surface area contributed by atoms with E-state index in [2.05, 4.69) is 0 Å². The molecule has 1 aliphatic heterocycles. The van der Waals surface area contributed by atoms with Crippen LogP contribution in [-0.4, -0.2) is 42.3 Å². The minimum Gasteiger partial charge on any atom is -0.394 e. The van der Waals surface area contributed by atoms with Gasteiger partial charge >= 0.3 is 0 Å². The smallest absolute Gasteiger partial charge is 0.214 e. The molecule has 0 spiro atoms. The Hall–Kier alpha value is -0.130. The molecular weight excluding hydrogens is 190 g/mol. The summed E-state index contributed by atoms with van der Waals surface area (Å²) in [4.78, 5) is 0. The lowest BCUT2D eigenvalue weighted by Gasteiger charge is -2.32. The molecule has 1 atom stereocenters. The van der Waals surface area contributed by atoms with Crippen LogP contribution in [0, 0.1) is 5.92 Å². The number of hydrogen-bond donors (Lipinski definition) is 1. The number of aliphatic hydroxyl groups excluding tert-OH is 1. The second-order valence-electron chi connectivity index (χ2n) is 4.39. The topological polar surface area (TPSA) is 57.6 Å². The average molecular weight is 207 g/mol. The summed E-state index contributed by atoms with van der Waals surface area (Å²) in [5.74, 6) is 0.368. The maximum atomic E-state index is 11.6. The molecule has 13 heavy (non-hydrogen) atoms. The van der Waals surface area contributed by atoms with Gasteiger partial charge in [-0.25, -0.2) is 8.42 Å². The largest absolute Gasteiger partial charge is 0.394 e. The van der Waals surface area contributed by atoms with Gasteiger partial charge in [-0.3, -0.25) is 0 Å². The second kappa shape index (κ2) is 3.22. The van der Waals surface area contributed by atoms with Gasteiger partial charge in [0.1, 0.15) is 0 Å². The SMILES string of the molecule is CC1CN(C(C)(C)CO)S(=O)(=O)C1. The van der Waals surface area contributed by atoms with Crippen molar-refractivity contribution in [1.82, 2.24) is 4.31 Å². The molecule has 0 amide bonds. The summed E-state index contributed by atoms with van der Waals surface area (Å²) in [6.07, 6.45) is 0. The van der Waals surface area contributed by atoms with E-state index in [9.17, 15) is 8.42 Å². The summed E-state index contributed by atoms with van der Waals surface area (Å²) >= 11 is 0. The van der Waals surface area contributed by atoms with Crippen LogP contribution in [0.2, 0.25) is 0 Å². The molecule has 1 heterocycles. The molecule has 0 aliphatic carbocycles. The molecule has 0 saturated carbocycles. The molecule has 4 nitrogen and oxygen atoms in total. The van der Waals surface area contributed by atoms with Gasteiger partial charge in [0.15, 0.2) is 0 Å². The second-order valence-corrected chi connectivity index (χ2v) is 6.32. The first-order chi connectivity index (χ1) is 5.79. The van der Waals surface area contributed by atoms with Gasteiger partial charge < -0.3 is 5.11 Å². The van der Waals surface area contributed by atoms with Gasteiger partial charge in [-0.15, -0.1) is 0 Å². The van der Waals surface area contributed by atoms with E-state index in [4.69, 9.17) is 5.11 Å². The van der Waals surface area contributed by atoms with Gasteiger partial charge in [0.05, 0.1) is 17.9 Å². The van der Waals surface area contributed by atoms with Crippen LogP contribution in [0.15, 0.2) is 0 Å². The van der Waals surface area contributed by atoms with Crippen LogP contribution in [0.4, 0.5) is 0 Å². The van der Waals surface area contributed by atoms with Crippen LogP contribution < -0.4 is 0 Å². The summed E-state index contributed by atoms with van der Waals surface area (Å²) in [6.45, 7) is 5.77. The van der Waals surface area contributed by atoms with Gasteiger partial charge in [-0.2, -0.15) is 4.31 Å². The standard InChI is InChI=1S/C8H17NO3S/c1-7-4-9(8(2,3)6-10)13(11,12)5-7/h7,10H,4-6H2,1-3H3. The Morgan fingerprint density at radius 2 is 2.08 bits per heavy atom. The first kappa shape index (κ1) is 10.9. The fourth-order valence-corrected chi connectivity index (χ4v) is 3.90. The molecule has 1 aliphatic rings. The Morgan fingerprint density at radius 3 is 2.38 bits per heavy atom. The molecule has 1 rings (SSSR count). The van der Waals surface area contributed by atoms with E-state index < -0.39 is 15.6 Å². The maximum absolute atomic E-state index is 11.6. The zero-order chi connectivity index (χ0) is 10.3. The number of sulfonamides is 1. The Bertz CT molecular complexity index is 284. The van der Waals surface area contributed by atoms with Crippen LogP contribution in [0.25, 0.3) is 0 Å². The third kappa shape index (κ3) is 2.03. The lowest BCUT2D eigenvalue weighted by atomic mass is 10.1. The van der Waals surface area contributed by atoms with Crippen molar-refractivity contribution < 1.29 is 13.5 Å². The van der Waals surface area contributed by atoms with Crippen molar-refractivity contribution in [3.8, 4) is 0 Å². The summed E-state index contributed by atoms with van der Waals surface area (Å²) in [5.41, 5.74) is -0.663. The zero-order valence-corrected chi connectivity index (χ0v) is 9.13. The molecule has 0 aromatic heterocycles. The molecule has 1 saturated heterocycles. The summed E-state index contributed by atoms with van der Waals surface area (Å²) < 4.78 is 24.6. The average Bonchev–Trinajstić information content (AvgIpc) is 2.25. The molecular formula is C8H17NO3S. The number of aliphatic hydroxyl groups is 1. The van der Waals surface area contributed by atoms with Gasteiger partial charge in [0, 0.05) is 6.54 Å². The summed E-state index contributed by atoms with van der Waals surface area (Å²) in [7, 11) is -3.13. The van der Waals surface area contributed by atoms with Crippen molar-refractivity contribution in [1.29, 1.82) is 0 Å². The minimum absolute atomic E-state index is 0.140. The molecule has 5 heteroatoms. The monoisotopic (exact) mass is 207 g/mol. The van der Waals surface area contributed by atoms with E-state index in [0.29, 0.717) is 6.54 Å². The quantitative estimate of drug-likeness (QED) is 0.695. The number of nitrogens with zero attached hydrogens (tertiary/aromatic N) is 1. The van der Waals surface area contributed by atoms with Gasteiger partial charge in [-0.1, -0.05) is 6.92 Å². The van der Waals surface area contributed by atoms with Crippen molar-refractivity contribution >= 4 is 10.0 Å². The molecule has 1 unspecified atom stereocenters. The molecule has 1 N–H and O–H groups in total. The molecule has 0 aromatic rings. The highest BCUT2D eigenvalue weighted by Gasteiger charge is 2.42. The van der Waals surface area contributed by atoms with Crippen molar-refractivity contribution in [2.45, 2.75) is 26.3 Å². The number of hydrogen-bond acceptors (Lipinski definition) is 3. The van der Waals surface area contributed by atoms with Crippen molar-refractivity contribution in [3.05, 3.63) is 0 Å². The lowest BCUT2D eigenvalue weighted by Crippen LogP contribution is -2.47. The Kier molecular flexibility index (Phi) is 2.71. The number of rotatable bonds is 2. The minimum atomic E-state index is -3.13. The van der Waals surface area contributed by atoms with Crippen molar-refractivity contribution in [2.75, 3.05) is 18.9 Å². The van der Waals surface area contributed by atoms with Gasteiger partial charge in [0.2, 0.25) is 10.0 Å². The molecule has 78 valence electrons. The predicted octanol–water partition coefficient (Wildman–Crippen LogP) is 0.0388. The fourth-order valence-electron chi connectivity index (χ4n) is 1.60. The predicted molar refractivity (Wildman–Crippen MR) is 50.8 cm³/mol. The Balaban J connectivity index is 2.94. The van der Waals surface area contributed by atoms with Gasteiger partial charge in [-0.05, 0) is 19.8 Å². The van der Waals surface area contributed by atoms with E-state index in [1.54, 1.807) is 13.8 Å². The van der Waals surface area contributed by atoms with E-state index in [-0.39, 0.29) is 18.3 Å². The highest BCUT2D eigenvalue weighted by atomic mass is 32.2. The highest BCUT2D eigenvalue weighted by Crippen LogP contribution is 2.27. The van der Waals surface area contributed by atoms with Crippen LogP contribution in [0.1, 0.15) is 20.8 Å². The fraction of sp³-hybridized carbons (Fsp3) is 1.00. The molecule has 1 fully saturated rings. The van der Waals surface area contributed by atoms with E-state index >= 15 is 0 Å². The van der Waals surface area contributed by atoms with Crippen LogP contribution in [-0.2, 0) is 10.0 Å². The van der Waals surface area contributed by atoms with E-state index in [1.807, 2.05) is 6.92 Å².